The van der Waals surface area contributed by atoms with Crippen LogP contribution in [-0.2, 0) is 11.3 Å². The zero-order valence-corrected chi connectivity index (χ0v) is 10.5. The van der Waals surface area contributed by atoms with Crippen LogP contribution in [0.5, 0.6) is 0 Å². The highest BCUT2D eigenvalue weighted by molar-refractivity contribution is 5.79. The second-order valence-electron chi connectivity index (χ2n) is 4.74. The molecule has 0 amide bonds. The molecule has 0 aliphatic carbocycles. The van der Waals surface area contributed by atoms with Crippen LogP contribution in [0.4, 0.5) is 0 Å². The molecule has 1 fully saturated rings. The van der Waals surface area contributed by atoms with E-state index >= 15 is 0 Å². The highest BCUT2D eigenvalue weighted by Crippen LogP contribution is 2.28. The molecule has 1 aromatic heterocycles. The number of hydrogen-bond acceptors (Lipinski definition) is 4. The molecule has 1 N–H and O–H groups in total. The Morgan fingerprint density at radius 3 is 3.06 bits per heavy atom. The molecule has 1 aliphatic rings. The highest BCUT2D eigenvalue weighted by Gasteiger charge is 2.21. The van der Waals surface area contributed by atoms with Gasteiger partial charge in [-0.2, -0.15) is 0 Å². The number of aryl methyl sites for hydroxylation is 1. The molecule has 5 nitrogen and oxygen atoms in total. The van der Waals surface area contributed by atoms with E-state index < -0.39 is 0 Å². The molecular weight excluding hydrogens is 230 g/mol. The van der Waals surface area contributed by atoms with E-state index in [1.165, 1.54) is 0 Å². The normalized spacial score (nSPS) is 20.4. The topological polar surface area (TPSA) is 60.2 Å². The van der Waals surface area contributed by atoms with Crippen molar-refractivity contribution in [3.8, 4) is 0 Å². The van der Waals surface area contributed by atoms with Crippen LogP contribution in [0.2, 0.25) is 0 Å². The Labute approximate surface area is 105 Å². The van der Waals surface area contributed by atoms with E-state index in [1.54, 1.807) is 0 Å². The Morgan fingerprint density at radius 2 is 2.33 bits per heavy atom. The first-order valence-corrected chi connectivity index (χ1v) is 6.37. The molecule has 3 rings (SSSR count). The van der Waals surface area contributed by atoms with Crippen LogP contribution in [0.1, 0.15) is 36.6 Å². The molecule has 0 saturated carbocycles. The molecule has 1 aliphatic heterocycles. The van der Waals surface area contributed by atoms with Gasteiger partial charge in [0.2, 0.25) is 0 Å². The predicted octanol–water partition coefficient (Wildman–Crippen LogP) is 1.93. The van der Waals surface area contributed by atoms with Crippen LogP contribution in [0.25, 0.3) is 11.0 Å². The van der Waals surface area contributed by atoms with E-state index in [4.69, 9.17) is 4.74 Å². The second-order valence-corrected chi connectivity index (χ2v) is 4.74. The monoisotopic (exact) mass is 247 g/mol. The quantitative estimate of drug-likeness (QED) is 0.881. The Bertz CT molecular complexity index is 559. The zero-order chi connectivity index (χ0) is 12.5. The van der Waals surface area contributed by atoms with Gasteiger partial charge in [-0.15, -0.1) is 5.10 Å². The lowest BCUT2D eigenvalue weighted by molar-refractivity contribution is -0.0378. The van der Waals surface area contributed by atoms with Crippen LogP contribution < -0.4 is 0 Å². The predicted molar refractivity (Wildman–Crippen MR) is 67.0 cm³/mol. The highest BCUT2D eigenvalue weighted by atomic mass is 16.5. The van der Waals surface area contributed by atoms with Gasteiger partial charge >= 0.3 is 0 Å². The number of nitrogens with zero attached hydrogens (tertiary/aromatic N) is 3. The van der Waals surface area contributed by atoms with Crippen molar-refractivity contribution in [3.63, 3.8) is 0 Å². The van der Waals surface area contributed by atoms with Crippen molar-refractivity contribution in [2.24, 2.45) is 0 Å². The molecule has 2 aromatic rings. The van der Waals surface area contributed by atoms with Crippen molar-refractivity contribution in [2.75, 3.05) is 6.61 Å². The van der Waals surface area contributed by atoms with Crippen molar-refractivity contribution in [2.45, 2.75) is 39.0 Å². The average molecular weight is 247 g/mol. The molecular formula is C13H17N3O2. The van der Waals surface area contributed by atoms with Crippen LogP contribution in [-0.4, -0.2) is 26.7 Å². The molecule has 0 bridgehead atoms. The van der Waals surface area contributed by atoms with Gasteiger partial charge in [-0.25, -0.2) is 4.68 Å². The zero-order valence-electron chi connectivity index (χ0n) is 10.5. The maximum atomic E-state index is 9.55. The first-order chi connectivity index (χ1) is 8.81. The SMILES string of the molecule is Cc1ccc2nnn(C3CCCCO3)c2c1CO. The fourth-order valence-electron chi connectivity index (χ4n) is 2.52. The summed E-state index contributed by atoms with van der Waals surface area (Å²) in [5.41, 5.74) is 3.68. The first-order valence-electron chi connectivity index (χ1n) is 6.37. The summed E-state index contributed by atoms with van der Waals surface area (Å²) in [7, 11) is 0. The summed E-state index contributed by atoms with van der Waals surface area (Å²) in [5.74, 6) is 0. The van der Waals surface area contributed by atoms with Gasteiger partial charge in [0, 0.05) is 12.2 Å². The average Bonchev–Trinajstić information content (AvgIpc) is 2.83. The fraction of sp³-hybridized carbons (Fsp3) is 0.538. The second kappa shape index (κ2) is 4.66. The summed E-state index contributed by atoms with van der Waals surface area (Å²) in [6.07, 6.45) is 3.16. The van der Waals surface area contributed by atoms with Crippen molar-refractivity contribution in [3.05, 3.63) is 23.3 Å². The van der Waals surface area contributed by atoms with E-state index in [0.29, 0.717) is 0 Å². The molecule has 96 valence electrons. The van der Waals surface area contributed by atoms with E-state index in [2.05, 4.69) is 10.3 Å². The van der Waals surface area contributed by atoms with Gasteiger partial charge in [0.25, 0.3) is 0 Å². The standard InChI is InChI=1S/C13H17N3O2/c1-9-5-6-11-13(10(9)8-17)16(15-14-11)12-4-2-3-7-18-12/h5-6,12,17H,2-4,7-8H2,1H3. The van der Waals surface area contributed by atoms with E-state index in [1.807, 2.05) is 23.7 Å². The number of ether oxygens (including phenoxy) is 1. The molecule has 0 spiro atoms. The van der Waals surface area contributed by atoms with Crippen LogP contribution in [0.3, 0.4) is 0 Å². The third kappa shape index (κ3) is 1.79. The van der Waals surface area contributed by atoms with Crippen molar-refractivity contribution in [1.82, 2.24) is 15.0 Å². The molecule has 1 unspecified atom stereocenters. The number of aromatic nitrogens is 3. The largest absolute Gasteiger partial charge is 0.392 e. The lowest BCUT2D eigenvalue weighted by Crippen LogP contribution is -2.19. The Hall–Kier alpha value is -1.46. The van der Waals surface area contributed by atoms with Gasteiger partial charge in [0.15, 0.2) is 6.23 Å². The lowest BCUT2D eigenvalue weighted by atomic mass is 10.1. The minimum Gasteiger partial charge on any atom is -0.392 e. The third-order valence-corrected chi connectivity index (χ3v) is 3.56. The van der Waals surface area contributed by atoms with Crippen LogP contribution in [0.15, 0.2) is 12.1 Å². The molecule has 5 heteroatoms. The van der Waals surface area contributed by atoms with Gasteiger partial charge in [0.05, 0.1) is 12.1 Å². The maximum Gasteiger partial charge on any atom is 0.152 e. The number of benzene rings is 1. The third-order valence-electron chi connectivity index (χ3n) is 3.56. The van der Waals surface area contributed by atoms with E-state index in [9.17, 15) is 5.11 Å². The van der Waals surface area contributed by atoms with Gasteiger partial charge in [-0.1, -0.05) is 11.3 Å². The van der Waals surface area contributed by atoms with E-state index in [-0.39, 0.29) is 12.8 Å². The number of aliphatic hydroxyl groups is 1. The molecule has 2 heterocycles. The number of hydrogen-bond donors (Lipinski definition) is 1. The summed E-state index contributed by atoms with van der Waals surface area (Å²) < 4.78 is 7.58. The summed E-state index contributed by atoms with van der Waals surface area (Å²) in [5, 5.41) is 17.9. The summed E-state index contributed by atoms with van der Waals surface area (Å²) in [4.78, 5) is 0. The van der Waals surface area contributed by atoms with Gasteiger partial charge in [-0.3, -0.25) is 0 Å². The van der Waals surface area contributed by atoms with Gasteiger partial charge in [0.1, 0.15) is 5.52 Å². The van der Waals surface area contributed by atoms with E-state index in [0.717, 1.165) is 48.0 Å². The molecule has 18 heavy (non-hydrogen) atoms. The Balaban J connectivity index is 2.14. The fourth-order valence-corrected chi connectivity index (χ4v) is 2.52. The first kappa shape index (κ1) is 11.6. The molecule has 0 radical (unpaired) electrons. The van der Waals surface area contributed by atoms with Crippen molar-refractivity contribution in [1.29, 1.82) is 0 Å². The summed E-state index contributed by atoms with van der Waals surface area (Å²) >= 11 is 0. The van der Waals surface area contributed by atoms with Gasteiger partial charge < -0.3 is 9.84 Å². The summed E-state index contributed by atoms with van der Waals surface area (Å²) in [6, 6.07) is 3.91. The minimum atomic E-state index is -0.0455. The van der Waals surface area contributed by atoms with Crippen LogP contribution in [0, 0.1) is 6.92 Å². The van der Waals surface area contributed by atoms with Crippen molar-refractivity contribution >= 4 is 11.0 Å². The maximum absolute atomic E-state index is 9.55. The number of aliphatic hydroxyl groups excluding tert-OH is 1. The Kier molecular flexibility index (Phi) is 3.01. The summed E-state index contributed by atoms with van der Waals surface area (Å²) in [6.45, 7) is 2.76. The lowest BCUT2D eigenvalue weighted by Gasteiger charge is -2.23. The molecule has 1 aromatic carbocycles. The number of fused-ring (bicyclic) bond motifs is 1. The smallest absolute Gasteiger partial charge is 0.152 e. The number of rotatable bonds is 2. The minimum absolute atomic E-state index is 0.00324. The van der Waals surface area contributed by atoms with Gasteiger partial charge in [-0.05, 0) is 37.8 Å². The van der Waals surface area contributed by atoms with Crippen LogP contribution >= 0.6 is 0 Å². The molecule has 1 atom stereocenters. The van der Waals surface area contributed by atoms with Crippen molar-refractivity contribution < 1.29 is 9.84 Å². The Morgan fingerprint density at radius 1 is 1.44 bits per heavy atom. The molecule has 1 saturated heterocycles.